The Kier molecular flexibility index (Phi) is 3.19. The fourth-order valence-electron chi connectivity index (χ4n) is 0.845. The minimum Gasteiger partial charge on any atom is -0.363 e. The quantitative estimate of drug-likeness (QED) is 0.679. The first kappa shape index (κ1) is 9.44. The van der Waals surface area contributed by atoms with Crippen LogP contribution in [0.3, 0.4) is 0 Å². The highest BCUT2D eigenvalue weighted by Gasteiger charge is 2.04. The van der Waals surface area contributed by atoms with Gasteiger partial charge in [-0.15, -0.1) is 5.10 Å². The molecule has 13 heavy (non-hydrogen) atoms. The van der Waals surface area contributed by atoms with Crippen LogP contribution in [-0.4, -0.2) is 20.7 Å². The van der Waals surface area contributed by atoms with Crippen LogP contribution in [0, 0.1) is 0 Å². The van der Waals surface area contributed by atoms with E-state index in [4.69, 9.17) is 5.73 Å². The number of carbonyl (C=O) groups excluding carboxylic acids is 1. The van der Waals surface area contributed by atoms with E-state index < -0.39 is 5.91 Å². The van der Waals surface area contributed by atoms with Crippen LogP contribution in [0.15, 0.2) is 18.5 Å². The fraction of sp³-hybridized carbons (Fsp3) is 0.375. The maximum atomic E-state index is 10.6. The third-order valence-corrected chi connectivity index (χ3v) is 1.45. The lowest BCUT2D eigenvalue weighted by atomic mass is 10.4. The normalized spacial score (nSPS) is 10.8. The van der Waals surface area contributed by atoms with Crippen LogP contribution in [0.2, 0.25) is 0 Å². The number of carbonyl (C=O) groups is 1. The predicted octanol–water partition coefficient (Wildman–Crippen LogP) is 0.343. The van der Waals surface area contributed by atoms with E-state index in [0.717, 1.165) is 6.42 Å². The Labute approximate surface area is 76.3 Å². The lowest BCUT2D eigenvalue weighted by Gasteiger charge is -1.91. The van der Waals surface area contributed by atoms with Gasteiger partial charge in [0.2, 0.25) is 5.82 Å². The molecule has 70 valence electrons. The van der Waals surface area contributed by atoms with E-state index in [2.05, 4.69) is 10.1 Å². The zero-order valence-electron chi connectivity index (χ0n) is 7.47. The fourth-order valence-corrected chi connectivity index (χ4v) is 0.845. The largest absolute Gasteiger partial charge is 0.363 e. The molecule has 0 bridgehead atoms. The smallest absolute Gasteiger partial charge is 0.288 e. The summed E-state index contributed by atoms with van der Waals surface area (Å²) >= 11 is 0. The van der Waals surface area contributed by atoms with E-state index in [9.17, 15) is 4.79 Å². The first-order valence-corrected chi connectivity index (χ1v) is 4.08. The van der Waals surface area contributed by atoms with Gasteiger partial charge >= 0.3 is 0 Å². The highest BCUT2D eigenvalue weighted by atomic mass is 16.1. The van der Waals surface area contributed by atoms with Gasteiger partial charge in [-0.05, 0) is 6.42 Å². The van der Waals surface area contributed by atoms with Crippen molar-refractivity contribution in [2.24, 2.45) is 5.73 Å². The topological polar surface area (TPSA) is 73.8 Å². The second kappa shape index (κ2) is 4.39. The monoisotopic (exact) mass is 180 g/mol. The number of amides is 1. The molecule has 0 aliphatic heterocycles. The molecule has 2 N–H and O–H groups in total. The van der Waals surface area contributed by atoms with Crippen molar-refractivity contribution in [2.75, 3.05) is 0 Å². The molecule has 0 saturated carbocycles. The number of nitrogens with two attached hydrogens (primary N) is 1. The van der Waals surface area contributed by atoms with E-state index in [1.54, 1.807) is 4.68 Å². The molecule has 1 aromatic heterocycles. The summed E-state index contributed by atoms with van der Waals surface area (Å²) in [6, 6.07) is 0. The standard InChI is InChI=1S/C8H12N4O/c1-2-3-4-5-12-6-10-8(11-12)7(9)13/h3-4,6H,2,5H2,1H3,(H2,9,13)/b4-3-. The number of aromatic nitrogens is 3. The molecule has 0 atom stereocenters. The maximum Gasteiger partial charge on any atom is 0.288 e. The van der Waals surface area contributed by atoms with Crippen LogP contribution >= 0.6 is 0 Å². The van der Waals surface area contributed by atoms with Gasteiger partial charge in [-0.3, -0.25) is 4.79 Å². The zero-order chi connectivity index (χ0) is 9.68. The lowest BCUT2D eigenvalue weighted by molar-refractivity contribution is 0.0990. The van der Waals surface area contributed by atoms with Gasteiger partial charge < -0.3 is 5.73 Å². The highest BCUT2D eigenvalue weighted by Crippen LogP contribution is 1.90. The van der Waals surface area contributed by atoms with Crippen molar-refractivity contribution in [1.82, 2.24) is 14.8 Å². The summed E-state index contributed by atoms with van der Waals surface area (Å²) in [6.45, 7) is 2.67. The van der Waals surface area contributed by atoms with Crippen LogP contribution in [-0.2, 0) is 6.54 Å². The number of hydrogen-bond donors (Lipinski definition) is 1. The summed E-state index contributed by atoms with van der Waals surface area (Å²) in [5.41, 5.74) is 4.99. The van der Waals surface area contributed by atoms with Crippen LogP contribution in [0.5, 0.6) is 0 Å². The molecule has 1 aromatic rings. The summed E-state index contributed by atoms with van der Waals surface area (Å²) < 4.78 is 1.56. The summed E-state index contributed by atoms with van der Waals surface area (Å²) in [7, 11) is 0. The van der Waals surface area contributed by atoms with Crippen molar-refractivity contribution in [1.29, 1.82) is 0 Å². The average Bonchev–Trinajstić information content (AvgIpc) is 2.53. The first-order chi connectivity index (χ1) is 6.24. The van der Waals surface area contributed by atoms with Crippen molar-refractivity contribution in [2.45, 2.75) is 19.9 Å². The van der Waals surface area contributed by atoms with Gasteiger partial charge in [-0.1, -0.05) is 19.1 Å². The number of allylic oxidation sites excluding steroid dienone is 2. The molecule has 0 spiro atoms. The third-order valence-electron chi connectivity index (χ3n) is 1.45. The Morgan fingerprint density at radius 1 is 1.69 bits per heavy atom. The van der Waals surface area contributed by atoms with E-state index in [-0.39, 0.29) is 5.82 Å². The van der Waals surface area contributed by atoms with Crippen molar-refractivity contribution in [3.8, 4) is 0 Å². The Balaban J connectivity index is 2.59. The number of nitrogens with zero attached hydrogens (tertiary/aromatic N) is 3. The van der Waals surface area contributed by atoms with Crippen LogP contribution in [0.4, 0.5) is 0 Å². The van der Waals surface area contributed by atoms with Gasteiger partial charge in [0.25, 0.3) is 5.91 Å². The minimum atomic E-state index is -0.599. The molecule has 0 saturated heterocycles. The Morgan fingerprint density at radius 3 is 3.00 bits per heavy atom. The molecule has 0 radical (unpaired) electrons. The average molecular weight is 180 g/mol. The second-order valence-corrected chi connectivity index (χ2v) is 2.53. The molecule has 1 amide bonds. The van der Waals surface area contributed by atoms with Crippen molar-refractivity contribution in [3.05, 3.63) is 24.3 Å². The molecule has 5 heteroatoms. The van der Waals surface area contributed by atoms with Gasteiger partial charge in [0, 0.05) is 0 Å². The van der Waals surface area contributed by atoms with Crippen LogP contribution < -0.4 is 5.73 Å². The molecule has 0 fully saturated rings. The Bertz CT molecular complexity index is 316. The van der Waals surface area contributed by atoms with Crippen molar-refractivity contribution < 1.29 is 4.79 Å². The minimum absolute atomic E-state index is 0.0601. The summed E-state index contributed by atoms with van der Waals surface area (Å²) in [4.78, 5) is 14.3. The van der Waals surface area contributed by atoms with E-state index in [1.807, 2.05) is 19.1 Å². The highest BCUT2D eigenvalue weighted by molar-refractivity contribution is 5.88. The van der Waals surface area contributed by atoms with Crippen LogP contribution in [0.25, 0.3) is 0 Å². The molecule has 0 aliphatic rings. The molecule has 1 rings (SSSR count). The molecular weight excluding hydrogens is 168 g/mol. The van der Waals surface area contributed by atoms with E-state index in [0.29, 0.717) is 6.54 Å². The number of hydrogen-bond acceptors (Lipinski definition) is 3. The van der Waals surface area contributed by atoms with E-state index in [1.165, 1.54) is 6.33 Å². The number of primary amides is 1. The summed E-state index contributed by atoms with van der Waals surface area (Å²) in [5.74, 6) is -0.539. The van der Waals surface area contributed by atoms with Crippen LogP contribution in [0.1, 0.15) is 24.0 Å². The Morgan fingerprint density at radius 2 is 2.46 bits per heavy atom. The van der Waals surface area contributed by atoms with Gasteiger partial charge in [0.1, 0.15) is 6.33 Å². The molecule has 0 unspecified atom stereocenters. The van der Waals surface area contributed by atoms with Crippen molar-refractivity contribution in [3.63, 3.8) is 0 Å². The molecule has 5 nitrogen and oxygen atoms in total. The lowest BCUT2D eigenvalue weighted by Crippen LogP contribution is -2.13. The predicted molar refractivity (Wildman–Crippen MR) is 48.0 cm³/mol. The molecule has 1 heterocycles. The Hall–Kier alpha value is -1.65. The third kappa shape index (κ3) is 2.70. The first-order valence-electron chi connectivity index (χ1n) is 4.08. The van der Waals surface area contributed by atoms with E-state index >= 15 is 0 Å². The number of rotatable bonds is 4. The summed E-state index contributed by atoms with van der Waals surface area (Å²) in [6.07, 6.45) is 6.45. The summed E-state index contributed by atoms with van der Waals surface area (Å²) in [5, 5.41) is 3.86. The molecule has 0 aromatic carbocycles. The zero-order valence-corrected chi connectivity index (χ0v) is 7.47. The molecule has 0 aliphatic carbocycles. The van der Waals surface area contributed by atoms with Gasteiger partial charge in [0.15, 0.2) is 0 Å². The van der Waals surface area contributed by atoms with Gasteiger partial charge in [0.05, 0.1) is 6.54 Å². The second-order valence-electron chi connectivity index (χ2n) is 2.53. The maximum absolute atomic E-state index is 10.6. The molecular formula is C8H12N4O. The van der Waals surface area contributed by atoms with Gasteiger partial charge in [-0.2, -0.15) is 0 Å². The van der Waals surface area contributed by atoms with Crippen molar-refractivity contribution >= 4 is 5.91 Å². The van der Waals surface area contributed by atoms with Gasteiger partial charge in [-0.25, -0.2) is 9.67 Å². The SMILES string of the molecule is CC/C=C\Cn1cnc(C(N)=O)n1.